The van der Waals surface area contributed by atoms with Gasteiger partial charge in [-0.05, 0) is 12.2 Å². The van der Waals surface area contributed by atoms with Gasteiger partial charge in [0, 0.05) is 12.8 Å². The summed E-state index contributed by atoms with van der Waals surface area (Å²) in [6, 6.07) is 0. The van der Waals surface area contributed by atoms with Crippen molar-refractivity contribution in [1.29, 1.82) is 0 Å². The summed E-state index contributed by atoms with van der Waals surface area (Å²) < 4.78 is 15.3. The summed E-state index contributed by atoms with van der Waals surface area (Å²) in [5, 5.41) is 17.7. The molecule has 0 bridgehead atoms. The molecule has 7 heteroatoms. The topological polar surface area (TPSA) is 102 Å². The molecule has 2 aliphatic carbocycles. The number of rotatable bonds is 7. The van der Waals surface area contributed by atoms with Crippen LogP contribution in [0, 0.1) is 0 Å². The smallest absolute Gasteiger partial charge is 0.153 e. The highest BCUT2D eigenvalue weighted by Gasteiger charge is 2.17. The Morgan fingerprint density at radius 3 is 2.12 bits per heavy atom. The maximum atomic E-state index is 10.6. The number of hydrogen-bond acceptors (Lipinski definition) is 7. The van der Waals surface area contributed by atoms with Crippen molar-refractivity contribution in [3.63, 3.8) is 0 Å². The van der Waals surface area contributed by atoms with Crippen LogP contribution in [-0.2, 0) is 23.8 Å². The minimum Gasteiger partial charge on any atom is -0.500 e. The normalized spacial score (nSPS) is 22.2. The van der Waals surface area contributed by atoms with Gasteiger partial charge in [-0.2, -0.15) is 0 Å². The number of aliphatic hydroxyl groups excluding tert-OH is 2. The van der Waals surface area contributed by atoms with Gasteiger partial charge in [0.1, 0.15) is 11.5 Å². The first-order chi connectivity index (χ1) is 12.1. The molecule has 0 aromatic heterocycles. The number of ether oxygens (including phenoxy) is 3. The predicted molar refractivity (Wildman–Crippen MR) is 90.5 cm³/mol. The third-order valence-electron chi connectivity index (χ3n) is 3.58. The third-order valence-corrected chi connectivity index (χ3v) is 3.58. The van der Waals surface area contributed by atoms with Crippen LogP contribution in [0.2, 0.25) is 0 Å². The van der Waals surface area contributed by atoms with Gasteiger partial charge < -0.3 is 24.4 Å². The molecule has 0 heterocycles. The molecule has 0 amide bonds. The molecule has 0 radical (unpaired) electrons. The highest BCUT2D eigenvalue weighted by Crippen LogP contribution is 2.20. The van der Waals surface area contributed by atoms with E-state index in [0.717, 1.165) is 12.6 Å². The zero-order valence-electron chi connectivity index (χ0n) is 14.4. The molecular formula is C18H24O7. The van der Waals surface area contributed by atoms with E-state index >= 15 is 0 Å². The molecule has 2 unspecified atom stereocenters. The molecule has 0 fully saturated rings. The molecule has 0 saturated heterocycles. The van der Waals surface area contributed by atoms with Crippen LogP contribution in [0.5, 0.6) is 0 Å². The Bertz CT molecular complexity index is 572. The van der Waals surface area contributed by atoms with Gasteiger partial charge in [0.15, 0.2) is 12.6 Å². The van der Waals surface area contributed by atoms with E-state index in [-0.39, 0.29) is 12.7 Å². The van der Waals surface area contributed by atoms with Crippen LogP contribution < -0.4 is 0 Å². The molecule has 0 saturated carbocycles. The quantitative estimate of drug-likeness (QED) is 0.654. The Hall–Kier alpha value is -2.22. The SMILES string of the molecule is COC1=C(C=O)C=CC(O)C1.COC1=C(C=O)C=CC(OCCO)C1. The Morgan fingerprint density at radius 2 is 1.60 bits per heavy atom. The van der Waals surface area contributed by atoms with Crippen LogP contribution in [-0.4, -0.2) is 62.4 Å². The molecule has 0 aromatic carbocycles. The Morgan fingerprint density at radius 1 is 1.04 bits per heavy atom. The fourth-order valence-corrected chi connectivity index (χ4v) is 2.29. The fourth-order valence-electron chi connectivity index (χ4n) is 2.29. The van der Waals surface area contributed by atoms with Crippen LogP contribution in [0.3, 0.4) is 0 Å². The molecule has 2 N–H and O–H groups in total. The lowest BCUT2D eigenvalue weighted by Gasteiger charge is -2.19. The largest absolute Gasteiger partial charge is 0.500 e. The monoisotopic (exact) mass is 352 g/mol. The van der Waals surface area contributed by atoms with E-state index in [2.05, 4.69) is 0 Å². The second kappa shape index (κ2) is 11.4. The number of carbonyl (C=O) groups excluding carboxylic acids is 2. The number of methoxy groups -OCH3 is 2. The zero-order chi connectivity index (χ0) is 18.7. The summed E-state index contributed by atoms with van der Waals surface area (Å²) in [4.78, 5) is 20.9. The van der Waals surface area contributed by atoms with Gasteiger partial charge in [-0.25, -0.2) is 0 Å². The predicted octanol–water partition coefficient (Wildman–Crippen LogP) is 0.830. The summed E-state index contributed by atoms with van der Waals surface area (Å²) in [5.41, 5.74) is 1.06. The standard InChI is InChI=1S/C10H14O4.C8H10O3/c1-13-10-6-9(14-5-4-11)3-2-8(10)7-12;1-11-8-4-7(10)3-2-6(8)5-9/h2-3,7,9,11H,4-6H2,1H3;2-3,5,7,10H,4H2,1H3. The van der Waals surface area contributed by atoms with Gasteiger partial charge in [-0.1, -0.05) is 12.2 Å². The van der Waals surface area contributed by atoms with Crippen LogP contribution >= 0.6 is 0 Å². The Balaban J connectivity index is 0.000000257. The van der Waals surface area contributed by atoms with Crippen LogP contribution in [0.4, 0.5) is 0 Å². The Labute approximate surface area is 146 Å². The van der Waals surface area contributed by atoms with Crippen molar-refractivity contribution in [3.8, 4) is 0 Å². The molecule has 25 heavy (non-hydrogen) atoms. The number of aldehydes is 2. The molecule has 7 nitrogen and oxygen atoms in total. The van der Waals surface area contributed by atoms with Crippen LogP contribution in [0.1, 0.15) is 12.8 Å². The average molecular weight is 352 g/mol. The van der Waals surface area contributed by atoms with Gasteiger partial charge >= 0.3 is 0 Å². The van der Waals surface area contributed by atoms with E-state index in [1.54, 1.807) is 24.3 Å². The number of allylic oxidation sites excluding steroid dienone is 4. The maximum Gasteiger partial charge on any atom is 0.153 e. The molecule has 138 valence electrons. The van der Waals surface area contributed by atoms with Crippen molar-refractivity contribution < 1.29 is 34.0 Å². The summed E-state index contributed by atoms with van der Waals surface area (Å²) in [6.07, 6.45) is 8.40. The minimum atomic E-state index is -0.520. The van der Waals surface area contributed by atoms with E-state index in [1.165, 1.54) is 14.2 Å². The van der Waals surface area contributed by atoms with E-state index in [4.69, 9.17) is 24.4 Å². The van der Waals surface area contributed by atoms with Crippen molar-refractivity contribution >= 4 is 12.6 Å². The lowest BCUT2D eigenvalue weighted by atomic mass is 10.0. The zero-order valence-corrected chi connectivity index (χ0v) is 14.4. The Kier molecular flexibility index (Phi) is 9.46. The van der Waals surface area contributed by atoms with Crippen molar-refractivity contribution in [3.05, 3.63) is 47.0 Å². The minimum absolute atomic E-state index is 0.00307. The van der Waals surface area contributed by atoms with Gasteiger partial charge in [-0.15, -0.1) is 0 Å². The van der Waals surface area contributed by atoms with E-state index < -0.39 is 6.10 Å². The second-order valence-corrected chi connectivity index (χ2v) is 5.23. The van der Waals surface area contributed by atoms with Crippen molar-refractivity contribution in [2.45, 2.75) is 25.0 Å². The molecule has 2 aliphatic rings. The van der Waals surface area contributed by atoms with Gasteiger partial charge in [0.2, 0.25) is 0 Å². The number of carbonyl (C=O) groups is 2. The lowest BCUT2D eigenvalue weighted by molar-refractivity contribution is -0.105. The third kappa shape index (κ3) is 6.66. The number of hydrogen-bond donors (Lipinski definition) is 2. The molecular weight excluding hydrogens is 328 g/mol. The first kappa shape index (κ1) is 20.8. The van der Waals surface area contributed by atoms with Crippen LogP contribution in [0.15, 0.2) is 47.0 Å². The van der Waals surface area contributed by atoms with E-state index in [9.17, 15) is 9.59 Å². The highest BCUT2D eigenvalue weighted by molar-refractivity contribution is 5.79. The summed E-state index contributed by atoms with van der Waals surface area (Å²) >= 11 is 0. The molecule has 0 aliphatic heterocycles. The van der Waals surface area contributed by atoms with Gasteiger partial charge in [-0.3, -0.25) is 9.59 Å². The van der Waals surface area contributed by atoms with E-state index in [0.29, 0.717) is 42.1 Å². The summed E-state index contributed by atoms with van der Waals surface area (Å²) in [6.45, 7) is 0.291. The van der Waals surface area contributed by atoms with Crippen LogP contribution in [0.25, 0.3) is 0 Å². The van der Waals surface area contributed by atoms with Gasteiger partial charge in [0.25, 0.3) is 0 Å². The number of aliphatic hydroxyl groups is 2. The summed E-state index contributed by atoms with van der Waals surface area (Å²) in [5.74, 6) is 1.18. The average Bonchev–Trinajstić information content (AvgIpc) is 2.66. The second-order valence-electron chi connectivity index (χ2n) is 5.23. The van der Waals surface area contributed by atoms with E-state index in [1.807, 2.05) is 0 Å². The van der Waals surface area contributed by atoms with Crippen molar-refractivity contribution in [2.24, 2.45) is 0 Å². The van der Waals surface area contributed by atoms with Crippen molar-refractivity contribution in [1.82, 2.24) is 0 Å². The lowest BCUT2D eigenvalue weighted by Crippen LogP contribution is -2.18. The first-order valence-corrected chi connectivity index (χ1v) is 7.81. The maximum absolute atomic E-state index is 10.6. The first-order valence-electron chi connectivity index (χ1n) is 7.81. The van der Waals surface area contributed by atoms with Gasteiger partial charge in [0.05, 0.1) is 50.8 Å². The highest BCUT2D eigenvalue weighted by atomic mass is 16.5. The fraction of sp³-hybridized carbons (Fsp3) is 0.444. The van der Waals surface area contributed by atoms with Crippen molar-refractivity contribution in [2.75, 3.05) is 27.4 Å². The summed E-state index contributed by atoms with van der Waals surface area (Å²) in [7, 11) is 3.02. The molecule has 2 atom stereocenters. The molecule has 0 aromatic rings. The molecule has 2 rings (SSSR count). The molecule has 0 spiro atoms.